The minimum atomic E-state index is -0.860. The average Bonchev–Trinajstić information content (AvgIpc) is 2.72. The van der Waals surface area contributed by atoms with Gasteiger partial charge in [0.05, 0.1) is 11.4 Å². The maximum absolute atomic E-state index is 11.2. The molecule has 116 valence electrons. The largest absolute Gasteiger partial charge is 0.465 e. The summed E-state index contributed by atoms with van der Waals surface area (Å²) in [5.74, 6) is 0. The third kappa shape index (κ3) is 2.68. The Morgan fingerprint density at radius 1 is 1.27 bits per heavy atom. The van der Waals surface area contributed by atoms with Gasteiger partial charge in [-0.05, 0) is 25.5 Å². The van der Waals surface area contributed by atoms with Gasteiger partial charge in [0.1, 0.15) is 0 Å². The molecule has 1 aliphatic rings. The van der Waals surface area contributed by atoms with Gasteiger partial charge in [0.25, 0.3) is 0 Å². The van der Waals surface area contributed by atoms with Crippen molar-refractivity contribution in [3.63, 3.8) is 0 Å². The lowest BCUT2D eigenvalue weighted by molar-refractivity contribution is 0.147. The molecule has 1 aromatic carbocycles. The number of halogens is 1. The summed E-state index contributed by atoms with van der Waals surface area (Å²) >= 11 is 5.98. The second-order valence-electron chi connectivity index (χ2n) is 5.37. The van der Waals surface area contributed by atoms with Gasteiger partial charge in [-0.15, -0.1) is 0 Å². The normalized spacial score (nSPS) is 14.5. The lowest BCUT2D eigenvalue weighted by Crippen LogP contribution is -2.31. The van der Waals surface area contributed by atoms with Gasteiger partial charge >= 0.3 is 6.09 Å². The van der Waals surface area contributed by atoms with Crippen molar-refractivity contribution >= 4 is 17.7 Å². The van der Waals surface area contributed by atoms with Gasteiger partial charge in [0.15, 0.2) is 0 Å². The first-order valence-electron chi connectivity index (χ1n) is 7.42. The number of hydrogen-bond donors (Lipinski definition) is 1. The first kappa shape index (κ1) is 14.9. The fourth-order valence-electron chi connectivity index (χ4n) is 2.96. The molecule has 6 heteroatoms. The van der Waals surface area contributed by atoms with Crippen LogP contribution in [0.4, 0.5) is 4.79 Å². The molecule has 0 saturated heterocycles. The van der Waals surface area contributed by atoms with Gasteiger partial charge in [0, 0.05) is 42.2 Å². The fourth-order valence-corrected chi connectivity index (χ4v) is 3.09. The van der Waals surface area contributed by atoms with Crippen molar-refractivity contribution in [3.05, 3.63) is 40.5 Å². The number of fused-ring (bicyclic) bond motifs is 1. The summed E-state index contributed by atoms with van der Waals surface area (Å²) in [5.41, 5.74) is 4.33. The number of aromatic nitrogens is 2. The van der Waals surface area contributed by atoms with Gasteiger partial charge < -0.3 is 10.0 Å². The highest BCUT2D eigenvalue weighted by molar-refractivity contribution is 6.30. The Hall–Kier alpha value is -2.01. The van der Waals surface area contributed by atoms with E-state index < -0.39 is 6.09 Å². The predicted octanol–water partition coefficient (Wildman–Crippen LogP) is 3.30. The summed E-state index contributed by atoms with van der Waals surface area (Å²) < 4.78 is 2.00. The molecule has 1 aromatic heterocycles. The van der Waals surface area contributed by atoms with Gasteiger partial charge in [-0.25, -0.2) is 4.79 Å². The van der Waals surface area contributed by atoms with Gasteiger partial charge in [-0.3, -0.25) is 4.68 Å². The van der Waals surface area contributed by atoms with E-state index in [-0.39, 0.29) is 0 Å². The Balaban J connectivity index is 2.02. The van der Waals surface area contributed by atoms with E-state index in [0.29, 0.717) is 31.0 Å². The molecule has 1 N–H and O–H groups in total. The number of aryl methyl sites for hydroxylation is 1. The number of amides is 1. The van der Waals surface area contributed by atoms with Crippen LogP contribution in [0.1, 0.15) is 18.2 Å². The van der Waals surface area contributed by atoms with E-state index in [4.69, 9.17) is 11.6 Å². The quantitative estimate of drug-likeness (QED) is 0.924. The Labute approximate surface area is 134 Å². The molecule has 5 nitrogen and oxygen atoms in total. The molecule has 0 bridgehead atoms. The van der Waals surface area contributed by atoms with Gasteiger partial charge in [-0.2, -0.15) is 5.10 Å². The molecular weight excluding hydrogens is 302 g/mol. The number of nitrogens with zero attached hydrogens (tertiary/aromatic N) is 3. The first-order valence-corrected chi connectivity index (χ1v) is 7.80. The maximum Gasteiger partial charge on any atom is 0.407 e. The monoisotopic (exact) mass is 319 g/mol. The third-order valence-electron chi connectivity index (χ3n) is 4.07. The van der Waals surface area contributed by atoms with Crippen LogP contribution in [0, 0.1) is 0 Å². The van der Waals surface area contributed by atoms with Crippen LogP contribution < -0.4 is 0 Å². The lowest BCUT2D eigenvalue weighted by atomic mass is 10.0. The van der Waals surface area contributed by atoms with Crippen molar-refractivity contribution in [2.24, 2.45) is 0 Å². The number of carbonyl (C=O) groups is 1. The number of carboxylic acid groups (broad SMARTS) is 1. The van der Waals surface area contributed by atoms with E-state index in [9.17, 15) is 9.90 Å². The van der Waals surface area contributed by atoms with Crippen LogP contribution in [0.15, 0.2) is 24.3 Å². The van der Waals surface area contributed by atoms with Crippen LogP contribution in [0.25, 0.3) is 11.3 Å². The second-order valence-corrected chi connectivity index (χ2v) is 5.80. The highest BCUT2D eigenvalue weighted by Crippen LogP contribution is 2.30. The standard InChI is InChI=1S/C16H18ClN3O2/c1-2-20-15(11-3-5-12(17)6-4-11)13-7-9-19(16(21)22)10-8-14(13)18-20/h3-6H,2,7-10H2,1H3,(H,21,22). The summed E-state index contributed by atoms with van der Waals surface area (Å²) in [5, 5.41) is 14.6. The summed E-state index contributed by atoms with van der Waals surface area (Å²) in [7, 11) is 0. The smallest absolute Gasteiger partial charge is 0.407 e. The molecule has 0 unspecified atom stereocenters. The fraction of sp³-hybridized carbons (Fsp3) is 0.375. The molecule has 0 saturated carbocycles. The summed E-state index contributed by atoms with van der Waals surface area (Å²) in [6, 6.07) is 7.73. The minimum Gasteiger partial charge on any atom is -0.465 e. The Morgan fingerprint density at radius 3 is 2.59 bits per heavy atom. The molecule has 22 heavy (non-hydrogen) atoms. The van der Waals surface area contributed by atoms with Crippen molar-refractivity contribution < 1.29 is 9.90 Å². The third-order valence-corrected chi connectivity index (χ3v) is 4.32. The zero-order valence-corrected chi connectivity index (χ0v) is 13.2. The Morgan fingerprint density at radius 2 is 1.95 bits per heavy atom. The Bertz CT molecular complexity index is 694. The van der Waals surface area contributed by atoms with Crippen LogP contribution in [0.2, 0.25) is 5.02 Å². The molecule has 0 spiro atoms. The van der Waals surface area contributed by atoms with E-state index >= 15 is 0 Å². The summed E-state index contributed by atoms with van der Waals surface area (Å²) in [4.78, 5) is 12.6. The highest BCUT2D eigenvalue weighted by Gasteiger charge is 2.24. The van der Waals surface area contributed by atoms with Crippen LogP contribution in [-0.4, -0.2) is 39.0 Å². The molecule has 1 amide bonds. The minimum absolute atomic E-state index is 0.503. The summed E-state index contributed by atoms with van der Waals surface area (Å²) in [6.07, 6.45) is 0.496. The molecule has 0 radical (unpaired) electrons. The first-order chi connectivity index (χ1) is 10.6. The molecule has 2 heterocycles. The van der Waals surface area contributed by atoms with Crippen LogP contribution in [0.5, 0.6) is 0 Å². The molecule has 3 rings (SSSR count). The number of benzene rings is 1. The molecule has 0 atom stereocenters. The molecule has 2 aromatic rings. The van der Waals surface area contributed by atoms with E-state index in [1.165, 1.54) is 4.90 Å². The molecule has 0 aliphatic carbocycles. The zero-order chi connectivity index (χ0) is 15.7. The van der Waals surface area contributed by atoms with Gasteiger partial charge in [0.2, 0.25) is 0 Å². The van der Waals surface area contributed by atoms with Crippen LogP contribution in [-0.2, 0) is 19.4 Å². The second kappa shape index (κ2) is 6.01. The van der Waals surface area contributed by atoms with Crippen molar-refractivity contribution in [2.45, 2.75) is 26.3 Å². The highest BCUT2D eigenvalue weighted by atomic mass is 35.5. The van der Waals surface area contributed by atoms with Crippen molar-refractivity contribution in [1.29, 1.82) is 0 Å². The topological polar surface area (TPSA) is 58.4 Å². The van der Waals surface area contributed by atoms with Crippen molar-refractivity contribution in [2.75, 3.05) is 13.1 Å². The average molecular weight is 320 g/mol. The predicted molar refractivity (Wildman–Crippen MR) is 85.4 cm³/mol. The SMILES string of the molecule is CCn1nc2c(c1-c1ccc(Cl)cc1)CCN(C(=O)O)CC2. The maximum atomic E-state index is 11.2. The van der Waals surface area contributed by atoms with Crippen molar-refractivity contribution in [1.82, 2.24) is 14.7 Å². The van der Waals surface area contributed by atoms with Crippen LogP contribution >= 0.6 is 11.6 Å². The number of rotatable bonds is 2. The zero-order valence-electron chi connectivity index (χ0n) is 12.4. The Kier molecular flexibility index (Phi) is 4.07. The molecule has 0 fully saturated rings. The van der Waals surface area contributed by atoms with E-state index in [1.807, 2.05) is 28.9 Å². The van der Waals surface area contributed by atoms with E-state index in [0.717, 1.165) is 29.1 Å². The van der Waals surface area contributed by atoms with E-state index in [1.54, 1.807) is 0 Å². The van der Waals surface area contributed by atoms with Gasteiger partial charge in [-0.1, -0.05) is 23.7 Å². The molecular formula is C16H18ClN3O2. The van der Waals surface area contributed by atoms with E-state index in [2.05, 4.69) is 12.0 Å². The van der Waals surface area contributed by atoms with Crippen molar-refractivity contribution in [3.8, 4) is 11.3 Å². The summed E-state index contributed by atoms with van der Waals surface area (Å²) in [6.45, 7) is 3.87. The lowest BCUT2D eigenvalue weighted by Gasteiger charge is -2.16. The molecule has 1 aliphatic heterocycles. The number of hydrogen-bond acceptors (Lipinski definition) is 2. The van der Waals surface area contributed by atoms with Crippen LogP contribution in [0.3, 0.4) is 0 Å².